The topological polar surface area (TPSA) is 60.2 Å². The number of hydrogen-bond donors (Lipinski definition) is 1. The zero-order valence-electron chi connectivity index (χ0n) is 11.2. The van der Waals surface area contributed by atoms with Crippen molar-refractivity contribution < 1.29 is 13.7 Å². The molecule has 0 radical (unpaired) electrons. The number of aromatic nitrogens is 2. The van der Waals surface area contributed by atoms with Crippen LogP contribution >= 0.6 is 0 Å². The van der Waals surface area contributed by atoms with Crippen LogP contribution in [0, 0.1) is 5.82 Å². The summed E-state index contributed by atoms with van der Waals surface area (Å²) in [4.78, 5) is 4.40. The minimum atomic E-state index is -0.353. The first kappa shape index (κ1) is 13.1. The second-order valence-electron chi connectivity index (χ2n) is 4.83. The molecule has 6 heteroatoms. The third kappa shape index (κ3) is 2.51. The highest BCUT2D eigenvalue weighted by Crippen LogP contribution is 2.31. The van der Waals surface area contributed by atoms with Gasteiger partial charge in [0.25, 0.3) is 0 Å². The first-order valence-electron chi connectivity index (χ1n) is 6.66. The summed E-state index contributed by atoms with van der Waals surface area (Å²) in [6.07, 6.45) is 1.95. The molecule has 0 spiro atoms. The average molecular weight is 277 g/mol. The van der Waals surface area contributed by atoms with E-state index in [9.17, 15) is 4.39 Å². The summed E-state index contributed by atoms with van der Waals surface area (Å²) in [5.41, 5.74) is 0.511. The SMILES string of the molecule is COc1ccc(F)cc1-c1noc(C2CCNCC2)n1. The fraction of sp³-hybridized carbons (Fsp3) is 0.429. The van der Waals surface area contributed by atoms with E-state index >= 15 is 0 Å². The molecule has 1 aliphatic heterocycles. The maximum Gasteiger partial charge on any atom is 0.230 e. The van der Waals surface area contributed by atoms with E-state index < -0.39 is 0 Å². The predicted octanol–water partition coefficient (Wildman–Crippen LogP) is 2.35. The van der Waals surface area contributed by atoms with Crippen molar-refractivity contribution in [1.29, 1.82) is 0 Å². The molecular formula is C14H16FN3O2. The molecule has 1 aliphatic rings. The molecule has 2 aromatic rings. The molecule has 20 heavy (non-hydrogen) atoms. The fourth-order valence-electron chi connectivity index (χ4n) is 2.43. The Labute approximate surface area is 116 Å². The van der Waals surface area contributed by atoms with Crippen LogP contribution in [0.15, 0.2) is 22.7 Å². The van der Waals surface area contributed by atoms with Crippen LogP contribution in [-0.4, -0.2) is 30.3 Å². The average Bonchev–Trinajstić information content (AvgIpc) is 2.98. The summed E-state index contributed by atoms with van der Waals surface area (Å²) in [6.45, 7) is 1.90. The molecule has 1 fully saturated rings. The maximum absolute atomic E-state index is 13.4. The second-order valence-corrected chi connectivity index (χ2v) is 4.83. The highest BCUT2D eigenvalue weighted by molar-refractivity contribution is 5.63. The van der Waals surface area contributed by atoms with E-state index in [2.05, 4.69) is 15.5 Å². The van der Waals surface area contributed by atoms with Crippen molar-refractivity contribution in [2.24, 2.45) is 0 Å². The predicted molar refractivity (Wildman–Crippen MR) is 71.1 cm³/mol. The Morgan fingerprint density at radius 2 is 2.15 bits per heavy atom. The molecule has 3 rings (SSSR count). The number of nitrogens with one attached hydrogen (secondary N) is 1. The highest BCUT2D eigenvalue weighted by Gasteiger charge is 2.22. The number of methoxy groups -OCH3 is 1. The molecule has 0 atom stereocenters. The van der Waals surface area contributed by atoms with Gasteiger partial charge < -0.3 is 14.6 Å². The van der Waals surface area contributed by atoms with Gasteiger partial charge in [-0.25, -0.2) is 4.39 Å². The molecule has 5 nitrogen and oxygen atoms in total. The molecule has 1 aromatic heterocycles. The van der Waals surface area contributed by atoms with Crippen molar-refractivity contribution >= 4 is 0 Å². The fourth-order valence-corrected chi connectivity index (χ4v) is 2.43. The number of hydrogen-bond acceptors (Lipinski definition) is 5. The first-order chi connectivity index (χ1) is 9.78. The summed E-state index contributed by atoms with van der Waals surface area (Å²) >= 11 is 0. The van der Waals surface area contributed by atoms with E-state index in [4.69, 9.17) is 9.26 Å². The lowest BCUT2D eigenvalue weighted by Gasteiger charge is -2.18. The van der Waals surface area contributed by atoms with Crippen LogP contribution in [0.25, 0.3) is 11.4 Å². The minimum Gasteiger partial charge on any atom is -0.496 e. The van der Waals surface area contributed by atoms with Gasteiger partial charge in [-0.3, -0.25) is 0 Å². The van der Waals surface area contributed by atoms with Gasteiger partial charge >= 0.3 is 0 Å². The zero-order valence-corrected chi connectivity index (χ0v) is 11.2. The van der Waals surface area contributed by atoms with Crippen LogP contribution in [0.2, 0.25) is 0 Å². The van der Waals surface area contributed by atoms with Crippen molar-refractivity contribution in [2.75, 3.05) is 20.2 Å². The van der Waals surface area contributed by atoms with Crippen molar-refractivity contribution in [3.05, 3.63) is 29.9 Å². The molecule has 106 valence electrons. The van der Waals surface area contributed by atoms with Gasteiger partial charge in [0, 0.05) is 5.92 Å². The Hall–Kier alpha value is -1.95. The molecule has 0 amide bonds. The largest absolute Gasteiger partial charge is 0.496 e. The van der Waals surface area contributed by atoms with Gasteiger partial charge in [0.2, 0.25) is 11.7 Å². The lowest BCUT2D eigenvalue weighted by atomic mass is 9.98. The number of ether oxygens (including phenoxy) is 1. The normalized spacial score (nSPS) is 16.3. The van der Waals surface area contributed by atoms with Gasteiger partial charge in [-0.1, -0.05) is 5.16 Å². The van der Waals surface area contributed by atoms with Crippen LogP contribution < -0.4 is 10.1 Å². The van der Waals surface area contributed by atoms with Crippen molar-refractivity contribution in [3.8, 4) is 17.1 Å². The Morgan fingerprint density at radius 1 is 1.35 bits per heavy atom. The third-order valence-corrected chi connectivity index (χ3v) is 3.53. The van der Waals surface area contributed by atoms with Crippen LogP contribution in [0.3, 0.4) is 0 Å². The summed E-state index contributed by atoms with van der Waals surface area (Å²) in [7, 11) is 1.53. The van der Waals surface area contributed by atoms with E-state index in [0.29, 0.717) is 23.0 Å². The van der Waals surface area contributed by atoms with Gasteiger partial charge in [0.1, 0.15) is 11.6 Å². The van der Waals surface area contributed by atoms with Crippen molar-refractivity contribution in [2.45, 2.75) is 18.8 Å². The number of benzene rings is 1. The van der Waals surface area contributed by atoms with Crippen molar-refractivity contribution in [3.63, 3.8) is 0 Å². The summed E-state index contributed by atoms with van der Waals surface area (Å²) in [5, 5.41) is 7.25. The molecule has 0 unspecified atom stereocenters. The van der Waals surface area contributed by atoms with Gasteiger partial charge in [-0.05, 0) is 44.1 Å². The number of nitrogens with zero attached hydrogens (tertiary/aromatic N) is 2. The molecule has 1 aromatic carbocycles. The number of rotatable bonds is 3. The Bertz CT molecular complexity index is 594. The highest BCUT2D eigenvalue weighted by atomic mass is 19.1. The maximum atomic E-state index is 13.4. The molecule has 0 aliphatic carbocycles. The van der Waals surface area contributed by atoms with Gasteiger partial charge in [0.05, 0.1) is 12.7 Å². The van der Waals surface area contributed by atoms with E-state index in [1.54, 1.807) is 6.07 Å². The quantitative estimate of drug-likeness (QED) is 0.933. The van der Waals surface area contributed by atoms with Gasteiger partial charge in [-0.2, -0.15) is 4.98 Å². The molecule has 1 N–H and O–H groups in total. The van der Waals surface area contributed by atoms with Gasteiger partial charge in [-0.15, -0.1) is 0 Å². The molecule has 2 heterocycles. The van der Waals surface area contributed by atoms with E-state index in [1.165, 1.54) is 19.2 Å². The summed E-state index contributed by atoms with van der Waals surface area (Å²) in [5.74, 6) is 1.44. The standard InChI is InChI=1S/C14H16FN3O2/c1-19-12-3-2-10(15)8-11(12)13-17-14(20-18-13)9-4-6-16-7-5-9/h2-3,8-9,16H,4-7H2,1H3. The second kappa shape index (κ2) is 5.58. The van der Waals surface area contributed by atoms with Gasteiger partial charge in [0.15, 0.2) is 0 Å². The van der Waals surface area contributed by atoms with Crippen LogP contribution in [0.1, 0.15) is 24.7 Å². The molecule has 0 bridgehead atoms. The lowest BCUT2D eigenvalue weighted by Crippen LogP contribution is -2.26. The Kier molecular flexibility index (Phi) is 3.64. The minimum absolute atomic E-state index is 0.275. The third-order valence-electron chi connectivity index (χ3n) is 3.53. The van der Waals surface area contributed by atoms with E-state index in [-0.39, 0.29) is 11.7 Å². The van der Waals surface area contributed by atoms with Crippen molar-refractivity contribution in [1.82, 2.24) is 15.5 Å². The smallest absolute Gasteiger partial charge is 0.230 e. The van der Waals surface area contributed by atoms with Crippen LogP contribution in [-0.2, 0) is 0 Å². The zero-order chi connectivity index (χ0) is 13.9. The Morgan fingerprint density at radius 3 is 2.90 bits per heavy atom. The summed E-state index contributed by atoms with van der Waals surface area (Å²) < 4.78 is 23.9. The number of halogens is 1. The van der Waals surface area contributed by atoms with Crippen LogP contribution in [0.4, 0.5) is 4.39 Å². The monoisotopic (exact) mass is 277 g/mol. The summed E-state index contributed by atoms with van der Waals surface area (Å²) in [6, 6.07) is 4.26. The Balaban J connectivity index is 1.91. The molecule has 1 saturated heterocycles. The first-order valence-corrected chi connectivity index (χ1v) is 6.66. The number of piperidine rings is 1. The van der Waals surface area contributed by atoms with Crippen LogP contribution in [0.5, 0.6) is 5.75 Å². The van der Waals surface area contributed by atoms with E-state index in [1.807, 2.05) is 0 Å². The molecular weight excluding hydrogens is 261 g/mol. The lowest BCUT2D eigenvalue weighted by molar-refractivity contribution is 0.320. The molecule has 0 saturated carbocycles. The van der Waals surface area contributed by atoms with E-state index in [0.717, 1.165) is 25.9 Å².